The molecule has 17 heavy (non-hydrogen) atoms. The molecule has 2 heterocycles. The highest BCUT2D eigenvalue weighted by molar-refractivity contribution is 9.10. The second-order valence-corrected chi connectivity index (χ2v) is 4.30. The SMILES string of the molecule is COc1nn(-c2cc(Br)ccn2)cc1C(C)=O. The summed E-state index contributed by atoms with van der Waals surface area (Å²) in [6.07, 6.45) is 3.26. The van der Waals surface area contributed by atoms with Crippen LogP contribution in [0.25, 0.3) is 5.82 Å². The average molecular weight is 296 g/mol. The predicted molar refractivity (Wildman–Crippen MR) is 65.6 cm³/mol. The average Bonchev–Trinajstić information content (AvgIpc) is 2.73. The van der Waals surface area contributed by atoms with E-state index in [1.54, 1.807) is 18.5 Å². The highest BCUT2D eigenvalue weighted by Gasteiger charge is 2.14. The number of nitrogens with zero attached hydrogens (tertiary/aromatic N) is 3. The molecule has 0 saturated carbocycles. The highest BCUT2D eigenvalue weighted by atomic mass is 79.9. The number of hydrogen-bond donors (Lipinski definition) is 0. The van der Waals surface area contributed by atoms with Gasteiger partial charge in [0.1, 0.15) is 0 Å². The third kappa shape index (κ3) is 2.36. The zero-order valence-electron chi connectivity index (χ0n) is 9.35. The van der Waals surface area contributed by atoms with Crippen LogP contribution in [0, 0.1) is 0 Å². The number of methoxy groups -OCH3 is 1. The molecule has 5 nitrogen and oxygen atoms in total. The number of carbonyl (C=O) groups excluding carboxylic acids is 1. The molecule has 88 valence electrons. The lowest BCUT2D eigenvalue weighted by atomic mass is 10.2. The lowest BCUT2D eigenvalue weighted by molar-refractivity contribution is 0.101. The maximum absolute atomic E-state index is 11.4. The van der Waals surface area contributed by atoms with E-state index < -0.39 is 0 Å². The van der Waals surface area contributed by atoms with Gasteiger partial charge >= 0.3 is 0 Å². The number of aromatic nitrogens is 3. The van der Waals surface area contributed by atoms with Gasteiger partial charge in [-0.3, -0.25) is 4.79 Å². The Kier molecular flexibility index (Phi) is 3.23. The molecular formula is C11H10BrN3O2. The molecule has 0 atom stereocenters. The van der Waals surface area contributed by atoms with Crippen LogP contribution in [0.5, 0.6) is 5.88 Å². The van der Waals surface area contributed by atoms with E-state index in [-0.39, 0.29) is 5.78 Å². The third-order valence-electron chi connectivity index (χ3n) is 2.20. The summed E-state index contributed by atoms with van der Waals surface area (Å²) in [5.41, 5.74) is 0.439. The Bertz CT molecular complexity index is 566. The Balaban J connectivity index is 2.50. The molecule has 0 N–H and O–H groups in total. The van der Waals surface area contributed by atoms with E-state index in [9.17, 15) is 4.79 Å². The molecule has 0 aromatic carbocycles. The zero-order chi connectivity index (χ0) is 12.4. The van der Waals surface area contributed by atoms with E-state index in [0.717, 1.165) is 4.47 Å². The standard InChI is InChI=1S/C11H10BrN3O2/c1-7(16)9-6-15(14-11(9)17-2)10-5-8(12)3-4-13-10/h3-6H,1-2H3. The van der Waals surface area contributed by atoms with Crippen molar-refractivity contribution in [3.05, 3.63) is 34.6 Å². The molecule has 0 fully saturated rings. The molecule has 2 aromatic heterocycles. The maximum Gasteiger partial charge on any atom is 0.243 e. The van der Waals surface area contributed by atoms with Crippen molar-refractivity contribution in [1.29, 1.82) is 0 Å². The van der Waals surface area contributed by atoms with E-state index in [1.165, 1.54) is 18.7 Å². The van der Waals surface area contributed by atoms with Crippen LogP contribution in [0.15, 0.2) is 29.0 Å². The summed E-state index contributed by atoms with van der Waals surface area (Å²) in [4.78, 5) is 15.5. The third-order valence-corrected chi connectivity index (χ3v) is 2.69. The monoisotopic (exact) mass is 295 g/mol. The Morgan fingerprint density at radius 1 is 1.53 bits per heavy atom. The fourth-order valence-corrected chi connectivity index (χ4v) is 1.71. The second-order valence-electron chi connectivity index (χ2n) is 3.39. The van der Waals surface area contributed by atoms with Crippen molar-refractivity contribution in [3.63, 3.8) is 0 Å². The molecule has 0 aliphatic rings. The molecule has 0 unspecified atom stereocenters. The summed E-state index contributed by atoms with van der Waals surface area (Å²) in [5.74, 6) is 0.826. The minimum atomic E-state index is -0.0944. The van der Waals surface area contributed by atoms with Crippen molar-refractivity contribution in [1.82, 2.24) is 14.8 Å². The number of halogens is 1. The van der Waals surface area contributed by atoms with Gasteiger partial charge in [0.2, 0.25) is 5.88 Å². The van der Waals surface area contributed by atoms with Gasteiger partial charge in [-0.1, -0.05) is 15.9 Å². The molecule has 0 aliphatic carbocycles. The molecule has 0 radical (unpaired) electrons. The molecule has 0 amide bonds. The van der Waals surface area contributed by atoms with E-state index in [2.05, 4.69) is 26.0 Å². The van der Waals surface area contributed by atoms with E-state index in [0.29, 0.717) is 17.3 Å². The van der Waals surface area contributed by atoms with Gasteiger partial charge in [-0.2, -0.15) is 0 Å². The zero-order valence-corrected chi connectivity index (χ0v) is 10.9. The molecule has 0 saturated heterocycles. The van der Waals surface area contributed by atoms with Crippen LogP contribution < -0.4 is 4.74 Å². The molecule has 2 aromatic rings. The van der Waals surface area contributed by atoms with Crippen molar-refractivity contribution < 1.29 is 9.53 Å². The summed E-state index contributed by atoms with van der Waals surface area (Å²) >= 11 is 3.35. The van der Waals surface area contributed by atoms with Crippen LogP contribution in [0.4, 0.5) is 0 Å². The first kappa shape index (κ1) is 11.8. The van der Waals surface area contributed by atoms with Crippen LogP contribution >= 0.6 is 15.9 Å². The van der Waals surface area contributed by atoms with Gasteiger partial charge in [-0.25, -0.2) is 9.67 Å². The van der Waals surface area contributed by atoms with E-state index in [1.807, 2.05) is 6.07 Å². The normalized spacial score (nSPS) is 10.3. The largest absolute Gasteiger partial charge is 0.479 e. The van der Waals surface area contributed by atoms with Gasteiger partial charge in [0, 0.05) is 16.9 Å². The van der Waals surface area contributed by atoms with Gasteiger partial charge in [0.05, 0.1) is 12.7 Å². The number of hydrogen-bond acceptors (Lipinski definition) is 4. The summed E-state index contributed by atoms with van der Waals surface area (Å²) in [7, 11) is 1.48. The number of carbonyl (C=O) groups is 1. The fraction of sp³-hybridized carbons (Fsp3) is 0.182. The van der Waals surface area contributed by atoms with Crippen LogP contribution in [0.2, 0.25) is 0 Å². The van der Waals surface area contributed by atoms with Crippen LogP contribution in [-0.4, -0.2) is 27.7 Å². The maximum atomic E-state index is 11.4. The Morgan fingerprint density at radius 2 is 2.29 bits per heavy atom. The fourth-order valence-electron chi connectivity index (χ4n) is 1.39. The van der Waals surface area contributed by atoms with Gasteiger partial charge in [-0.05, 0) is 19.1 Å². The minimum absolute atomic E-state index is 0.0944. The molecule has 0 bridgehead atoms. The second kappa shape index (κ2) is 4.67. The van der Waals surface area contributed by atoms with Gasteiger partial charge in [0.25, 0.3) is 0 Å². The smallest absolute Gasteiger partial charge is 0.243 e. The van der Waals surface area contributed by atoms with Gasteiger partial charge in [-0.15, -0.1) is 5.10 Å². The van der Waals surface area contributed by atoms with Crippen molar-refractivity contribution in [2.75, 3.05) is 7.11 Å². The quantitative estimate of drug-likeness (QED) is 0.815. The predicted octanol–water partition coefficient (Wildman–Crippen LogP) is 2.24. The van der Waals surface area contributed by atoms with Crippen LogP contribution in [0.1, 0.15) is 17.3 Å². The van der Waals surface area contributed by atoms with Gasteiger partial charge < -0.3 is 4.74 Å². The number of pyridine rings is 1. The molecule has 0 spiro atoms. The van der Waals surface area contributed by atoms with E-state index in [4.69, 9.17) is 4.74 Å². The Morgan fingerprint density at radius 3 is 2.82 bits per heavy atom. The number of rotatable bonds is 3. The minimum Gasteiger partial charge on any atom is -0.479 e. The lowest BCUT2D eigenvalue weighted by Crippen LogP contribution is -1.97. The molecule has 0 aliphatic heterocycles. The van der Waals surface area contributed by atoms with Crippen LogP contribution in [0.3, 0.4) is 0 Å². The highest BCUT2D eigenvalue weighted by Crippen LogP contribution is 2.19. The van der Waals surface area contributed by atoms with Gasteiger partial charge in [0.15, 0.2) is 11.6 Å². The number of ether oxygens (including phenoxy) is 1. The Labute approximate surface area is 107 Å². The van der Waals surface area contributed by atoms with Crippen molar-refractivity contribution in [3.8, 4) is 11.7 Å². The summed E-state index contributed by atoms with van der Waals surface area (Å²) in [6, 6.07) is 3.62. The first-order chi connectivity index (χ1) is 8.11. The molecule has 6 heteroatoms. The van der Waals surface area contributed by atoms with Crippen molar-refractivity contribution >= 4 is 21.7 Å². The van der Waals surface area contributed by atoms with Crippen molar-refractivity contribution in [2.24, 2.45) is 0 Å². The first-order valence-corrected chi connectivity index (χ1v) is 5.67. The number of ketones is 1. The van der Waals surface area contributed by atoms with Crippen LogP contribution in [-0.2, 0) is 0 Å². The Hall–Kier alpha value is -1.69. The first-order valence-electron chi connectivity index (χ1n) is 4.88. The topological polar surface area (TPSA) is 57.0 Å². The van der Waals surface area contributed by atoms with Crippen molar-refractivity contribution in [2.45, 2.75) is 6.92 Å². The summed E-state index contributed by atoms with van der Waals surface area (Å²) in [6.45, 7) is 1.47. The lowest BCUT2D eigenvalue weighted by Gasteiger charge is -1.99. The number of Topliss-reactive ketones (excluding diaryl/α,β-unsaturated/α-hetero) is 1. The molecular weight excluding hydrogens is 286 g/mol. The summed E-state index contributed by atoms with van der Waals surface area (Å²) < 4.78 is 7.45. The van der Waals surface area contributed by atoms with E-state index >= 15 is 0 Å². The summed E-state index contributed by atoms with van der Waals surface area (Å²) in [5, 5.41) is 4.15. The molecule has 2 rings (SSSR count).